The minimum atomic E-state index is 0.572. The molecular weight excluding hydrogens is 212 g/mol. The summed E-state index contributed by atoms with van der Waals surface area (Å²) in [6.07, 6.45) is 3.86. The van der Waals surface area contributed by atoms with Gasteiger partial charge in [-0.2, -0.15) is 0 Å². The van der Waals surface area contributed by atoms with Crippen molar-refractivity contribution in [3.63, 3.8) is 0 Å². The van der Waals surface area contributed by atoms with Crippen molar-refractivity contribution < 1.29 is 4.42 Å². The number of hydrogen-bond acceptors (Lipinski definition) is 3. The van der Waals surface area contributed by atoms with Crippen molar-refractivity contribution in [3.8, 4) is 0 Å². The van der Waals surface area contributed by atoms with E-state index in [2.05, 4.69) is 24.8 Å². The Morgan fingerprint density at radius 3 is 2.82 bits per heavy atom. The first kappa shape index (κ1) is 12.7. The minimum absolute atomic E-state index is 0.572. The van der Waals surface area contributed by atoms with E-state index >= 15 is 0 Å². The quantitative estimate of drug-likeness (QED) is 0.874. The lowest BCUT2D eigenvalue weighted by molar-refractivity contribution is 0.174. The maximum Gasteiger partial charge on any atom is 0.118 e. The molecule has 2 rings (SSSR count). The number of nitrogens with zero attached hydrogens (tertiary/aromatic N) is 1. The highest BCUT2D eigenvalue weighted by molar-refractivity contribution is 5.20. The first-order chi connectivity index (χ1) is 8.15. The maximum absolute atomic E-state index is 5.79. The number of hydrogen-bond donors (Lipinski definition) is 1. The molecule has 0 saturated carbocycles. The molecule has 2 heterocycles. The second-order valence-electron chi connectivity index (χ2n) is 5.16. The lowest BCUT2D eigenvalue weighted by atomic mass is 10.1. The predicted octanol–water partition coefficient (Wildman–Crippen LogP) is 2.81. The van der Waals surface area contributed by atoms with Gasteiger partial charge in [0.15, 0.2) is 0 Å². The summed E-state index contributed by atoms with van der Waals surface area (Å²) < 4.78 is 5.79. The highest BCUT2D eigenvalue weighted by atomic mass is 16.3. The third-order valence-electron chi connectivity index (χ3n) is 4.05. The van der Waals surface area contributed by atoms with Crippen LogP contribution in [0.1, 0.15) is 50.2 Å². The molecule has 0 aliphatic carbocycles. The van der Waals surface area contributed by atoms with E-state index in [0.29, 0.717) is 12.6 Å². The Morgan fingerprint density at radius 2 is 2.24 bits per heavy atom. The van der Waals surface area contributed by atoms with Gasteiger partial charge in [0.25, 0.3) is 0 Å². The van der Waals surface area contributed by atoms with E-state index in [1.54, 1.807) is 0 Å². The molecule has 0 aromatic carbocycles. The number of likely N-dealkylation sites (tertiary alicyclic amines) is 1. The SMILES string of the molecule is CCC1CCC(C)N1Cc1cc(CN)c(C)o1. The molecule has 1 fully saturated rings. The molecular formula is C14H24N2O. The third kappa shape index (κ3) is 2.55. The van der Waals surface area contributed by atoms with E-state index in [1.807, 2.05) is 6.92 Å². The molecule has 0 amide bonds. The van der Waals surface area contributed by atoms with E-state index in [-0.39, 0.29) is 0 Å². The lowest BCUT2D eigenvalue weighted by Crippen LogP contribution is -2.33. The van der Waals surface area contributed by atoms with E-state index in [9.17, 15) is 0 Å². The van der Waals surface area contributed by atoms with Crippen LogP contribution < -0.4 is 5.73 Å². The number of aryl methyl sites for hydroxylation is 1. The largest absolute Gasteiger partial charge is 0.465 e. The van der Waals surface area contributed by atoms with E-state index in [0.717, 1.165) is 29.7 Å². The van der Waals surface area contributed by atoms with Crippen LogP contribution in [0.2, 0.25) is 0 Å². The van der Waals surface area contributed by atoms with Gasteiger partial charge in [0.05, 0.1) is 6.54 Å². The molecule has 3 nitrogen and oxygen atoms in total. The molecule has 2 unspecified atom stereocenters. The summed E-state index contributed by atoms with van der Waals surface area (Å²) in [6, 6.07) is 3.51. The van der Waals surface area contributed by atoms with E-state index < -0.39 is 0 Å². The highest BCUT2D eigenvalue weighted by Gasteiger charge is 2.29. The summed E-state index contributed by atoms with van der Waals surface area (Å²) in [5.41, 5.74) is 6.82. The molecule has 0 radical (unpaired) electrons. The van der Waals surface area contributed by atoms with Gasteiger partial charge < -0.3 is 10.2 Å². The van der Waals surface area contributed by atoms with E-state index in [1.165, 1.54) is 19.3 Å². The van der Waals surface area contributed by atoms with Crippen molar-refractivity contribution in [1.29, 1.82) is 0 Å². The highest BCUT2D eigenvalue weighted by Crippen LogP contribution is 2.28. The number of rotatable bonds is 4. The van der Waals surface area contributed by atoms with Gasteiger partial charge in [0, 0.05) is 24.2 Å². The van der Waals surface area contributed by atoms with Crippen LogP contribution in [0.4, 0.5) is 0 Å². The molecule has 96 valence electrons. The van der Waals surface area contributed by atoms with Crippen LogP contribution in [0.5, 0.6) is 0 Å². The molecule has 0 spiro atoms. The van der Waals surface area contributed by atoms with Gasteiger partial charge in [-0.05, 0) is 39.2 Å². The van der Waals surface area contributed by atoms with Crippen LogP contribution in [0.3, 0.4) is 0 Å². The smallest absolute Gasteiger partial charge is 0.118 e. The Balaban J connectivity index is 2.08. The molecule has 0 bridgehead atoms. The molecule has 1 aromatic rings. The summed E-state index contributed by atoms with van der Waals surface area (Å²) in [7, 11) is 0. The van der Waals surface area contributed by atoms with Gasteiger partial charge in [-0.1, -0.05) is 6.92 Å². The Labute approximate surface area is 104 Å². The first-order valence-electron chi connectivity index (χ1n) is 6.69. The Morgan fingerprint density at radius 1 is 1.47 bits per heavy atom. The van der Waals surface area contributed by atoms with Gasteiger partial charge in [-0.15, -0.1) is 0 Å². The van der Waals surface area contributed by atoms with Crippen molar-refractivity contribution in [1.82, 2.24) is 4.90 Å². The molecule has 2 atom stereocenters. The monoisotopic (exact) mass is 236 g/mol. The molecule has 1 aliphatic heterocycles. The van der Waals surface area contributed by atoms with Gasteiger partial charge in [-0.3, -0.25) is 4.90 Å². The minimum Gasteiger partial charge on any atom is -0.465 e. The van der Waals surface area contributed by atoms with Gasteiger partial charge in [0.2, 0.25) is 0 Å². The molecule has 2 N–H and O–H groups in total. The molecule has 3 heteroatoms. The van der Waals surface area contributed by atoms with Crippen LogP contribution in [0, 0.1) is 6.92 Å². The Kier molecular flexibility index (Phi) is 3.89. The van der Waals surface area contributed by atoms with Gasteiger partial charge >= 0.3 is 0 Å². The lowest BCUT2D eigenvalue weighted by Gasteiger charge is -2.26. The van der Waals surface area contributed by atoms with Crippen LogP contribution in [0.15, 0.2) is 10.5 Å². The topological polar surface area (TPSA) is 42.4 Å². The first-order valence-corrected chi connectivity index (χ1v) is 6.69. The van der Waals surface area contributed by atoms with Crippen molar-refractivity contribution in [2.75, 3.05) is 0 Å². The fourth-order valence-corrected chi connectivity index (χ4v) is 2.90. The van der Waals surface area contributed by atoms with Crippen molar-refractivity contribution >= 4 is 0 Å². The van der Waals surface area contributed by atoms with Crippen LogP contribution in [-0.2, 0) is 13.1 Å². The second kappa shape index (κ2) is 5.23. The van der Waals surface area contributed by atoms with Crippen LogP contribution >= 0.6 is 0 Å². The molecule has 1 saturated heterocycles. The van der Waals surface area contributed by atoms with Gasteiger partial charge in [0.1, 0.15) is 11.5 Å². The summed E-state index contributed by atoms with van der Waals surface area (Å²) in [4.78, 5) is 2.57. The van der Waals surface area contributed by atoms with Gasteiger partial charge in [-0.25, -0.2) is 0 Å². The standard InChI is InChI=1S/C14H24N2O/c1-4-13-6-5-10(2)16(13)9-14-7-12(8-15)11(3)17-14/h7,10,13H,4-6,8-9,15H2,1-3H3. The van der Waals surface area contributed by atoms with Crippen molar-refractivity contribution in [2.45, 2.75) is 65.2 Å². The number of nitrogens with two attached hydrogens (primary N) is 1. The maximum atomic E-state index is 5.79. The summed E-state index contributed by atoms with van der Waals surface area (Å²) in [6.45, 7) is 8.09. The Bertz CT molecular complexity index is 372. The fourth-order valence-electron chi connectivity index (χ4n) is 2.90. The summed E-state index contributed by atoms with van der Waals surface area (Å²) in [5.74, 6) is 2.04. The third-order valence-corrected chi connectivity index (χ3v) is 4.05. The normalized spacial score (nSPS) is 25.6. The zero-order valence-electron chi connectivity index (χ0n) is 11.2. The van der Waals surface area contributed by atoms with Crippen molar-refractivity contribution in [3.05, 3.63) is 23.2 Å². The zero-order valence-corrected chi connectivity index (χ0v) is 11.2. The fraction of sp³-hybridized carbons (Fsp3) is 0.714. The van der Waals surface area contributed by atoms with Crippen molar-refractivity contribution in [2.24, 2.45) is 5.73 Å². The van der Waals surface area contributed by atoms with Crippen LogP contribution in [-0.4, -0.2) is 17.0 Å². The molecule has 1 aliphatic rings. The summed E-state index contributed by atoms with van der Waals surface area (Å²) in [5, 5.41) is 0. The van der Waals surface area contributed by atoms with Crippen LogP contribution in [0.25, 0.3) is 0 Å². The molecule has 17 heavy (non-hydrogen) atoms. The molecule has 1 aromatic heterocycles. The zero-order chi connectivity index (χ0) is 12.4. The second-order valence-corrected chi connectivity index (χ2v) is 5.16. The Hall–Kier alpha value is -0.800. The van der Waals surface area contributed by atoms with E-state index in [4.69, 9.17) is 10.2 Å². The summed E-state index contributed by atoms with van der Waals surface area (Å²) >= 11 is 0. The average molecular weight is 236 g/mol. The average Bonchev–Trinajstić information content (AvgIpc) is 2.84. The predicted molar refractivity (Wildman–Crippen MR) is 69.7 cm³/mol. The number of furan rings is 1.